The van der Waals surface area contributed by atoms with E-state index in [1.54, 1.807) is 6.92 Å². The van der Waals surface area contributed by atoms with E-state index in [1.807, 2.05) is 0 Å². The predicted molar refractivity (Wildman–Crippen MR) is 89.3 cm³/mol. The molecule has 0 saturated carbocycles. The minimum atomic E-state index is -0.864. The van der Waals surface area contributed by atoms with Crippen molar-refractivity contribution in [3.05, 3.63) is 10.8 Å². The van der Waals surface area contributed by atoms with Gasteiger partial charge in [0.15, 0.2) is 0 Å². The Morgan fingerprint density at radius 2 is 1.57 bits per heavy atom. The standard InChI is InChI=1S/C16H32O4Si/c1-5-8-11-19-16(20-12-9-6-2)21-14(10-7-3)13(4)15(17)18/h16H,5-12,21H2,1-4H3,(H,17,18). The van der Waals surface area contributed by atoms with Gasteiger partial charge >= 0.3 is 5.97 Å². The quantitative estimate of drug-likeness (QED) is 0.245. The topological polar surface area (TPSA) is 55.8 Å². The molecule has 0 aliphatic carbocycles. The van der Waals surface area contributed by atoms with Gasteiger partial charge in [-0.1, -0.05) is 45.2 Å². The van der Waals surface area contributed by atoms with Crippen LogP contribution in [-0.2, 0) is 14.3 Å². The first-order valence-electron chi connectivity index (χ1n) is 8.21. The van der Waals surface area contributed by atoms with Crippen LogP contribution in [0.1, 0.15) is 66.2 Å². The maximum Gasteiger partial charge on any atom is 0.330 e. The summed E-state index contributed by atoms with van der Waals surface area (Å²) in [6, 6.07) is 0. The fraction of sp³-hybridized carbons (Fsp3) is 0.812. The zero-order valence-electron chi connectivity index (χ0n) is 14.1. The van der Waals surface area contributed by atoms with Gasteiger partial charge in [-0.25, -0.2) is 4.79 Å². The lowest BCUT2D eigenvalue weighted by Crippen LogP contribution is -2.28. The highest BCUT2D eigenvalue weighted by molar-refractivity contribution is 6.47. The van der Waals surface area contributed by atoms with Crippen molar-refractivity contribution in [3.8, 4) is 0 Å². The Hall–Kier alpha value is -0.653. The maximum atomic E-state index is 11.2. The van der Waals surface area contributed by atoms with E-state index in [0.717, 1.165) is 43.7 Å². The zero-order valence-corrected chi connectivity index (χ0v) is 15.5. The van der Waals surface area contributed by atoms with Crippen LogP contribution in [0.4, 0.5) is 0 Å². The summed E-state index contributed by atoms with van der Waals surface area (Å²) >= 11 is 0. The second kappa shape index (κ2) is 13.0. The smallest absolute Gasteiger partial charge is 0.330 e. The normalized spacial score (nSPS) is 13.2. The van der Waals surface area contributed by atoms with Gasteiger partial charge in [0, 0.05) is 18.8 Å². The molecule has 0 spiro atoms. The molecule has 0 rings (SSSR count). The molecule has 0 aliphatic rings. The van der Waals surface area contributed by atoms with Gasteiger partial charge in [0.25, 0.3) is 0 Å². The highest BCUT2D eigenvalue weighted by Crippen LogP contribution is 2.14. The summed E-state index contributed by atoms with van der Waals surface area (Å²) in [6.45, 7) is 9.44. The maximum absolute atomic E-state index is 11.2. The van der Waals surface area contributed by atoms with Crippen molar-refractivity contribution < 1.29 is 19.4 Å². The fourth-order valence-corrected chi connectivity index (χ4v) is 3.97. The highest BCUT2D eigenvalue weighted by atomic mass is 28.2. The molecule has 0 atom stereocenters. The molecule has 0 aromatic heterocycles. The molecule has 0 saturated heterocycles. The van der Waals surface area contributed by atoms with Gasteiger partial charge in [-0.2, -0.15) is 0 Å². The molecule has 0 heterocycles. The first-order valence-corrected chi connectivity index (χ1v) is 9.74. The number of carboxylic acid groups (broad SMARTS) is 1. The molecular weight excluding hydrogens is 284 g/mol. The first kappa shape index (κ1) is 20.3. The summed E-state index contributed by atoms with van der Waals surface area (Å²) in [5.74, 6) is -0.995. The molecule has 0 unspecified atom stereocenters. The minimum absolute atomic E-state index is 0.182. The minimum Gasteiger partial charge on any atom is -0.478 e. The van der Waals surface area contributed by atoms with Crippen LogP contribution in [0.3, 0.4) is 0 Å². The van der Waals surface area contributed by atoms with Crippen molar-refractivity contribution in [2.75, 3.05) is 13.2 Å². The van der Waals surface area contributed by atoms with Gasteiger partial charge in [-0.3, -0.25) is 0 Å². The van der Waals surface area contributed by atoms with Crippen LogP contribution < -0.4 is 0 Å². The van der Waals surface area contributed by atoms with Crippen LogP contribution >= 0.6 is 0 Å². The van der Waals surface area contributed by atoms with E-state index in [9.17, 15) is 9.90 Å². The SMILES string of the molecule is CCCCOC(OCCCC)[SiH2]C(CCC)=C(C)C(=O)O. The van der Waals surface area contributed by atoms with E-state index in [0.29, 0.717) is 18.8 Å². The Morgan fingerprint density at radius 3 is 1.95 bits per heavy atom. The Bertz CT molecular complexity index is 305. The van der Waals surface area contributed by atoms with Crippen molar-refractivity contribution in [3.63, 3.8) is 0 Å². The molecular formula is C16H32O4Si. The summed E-state index contributed by atoms with van der Waals surface area (Å²) in [7, 11) is -0.864. The third kappa shape index (κ3) is 9.82. The lowest BCUT2D eigenvalue weighted by Gasteiger charge is -2.20. The number of carboxylic acids is 1. The molecule has 0 bridgehead atoms. The third-order valence-corrected chi connectivity index (χ3v) is 5.60. The van der Waals surface area contributed by atoms with E-state index >= 15 is 0 Å². The summed E-state index contributed by atoms with van der Waals surface area (Å²) in [6.07, 6.45) is 6.03. The molecule has 21 heavy (non-hydrogen) atoms. The predicted octanol–water partition coefficient (Wildman–Crippen LogP) is 3.23. The molecule has 0 aliphatic heterocycles. The number of carbonyl (C=O) groups is 1. The second-order valence-corrected chi connectivity index (χ2v) is 7.29. The molecule has 5 heteroatoms. The van der Waals surface area contributed by atoms with Gasteiger partial charge in [-0.15, -0.1) is 0 Å². The Morgan fingerprint density at radius 1 is 1.05 bits per heavy atom. The summed E-state index contributed by atoms with van der Waals surface area (Å²) in [4.78, 5) is 11.2. The van der Waals surface area contributed by atoms with Gasteiger partial charge in [0.1, 0.15) is 15.4 Å². The van der Waals surface area contributed by atoms with E-state index < -0.39 is 15.5 Å². The highest BCUT2D eigenvalue weighted by Gasteiger charge is 2.17. The van der Waals surface area contributed by atoms with Crippen molar-refractivity contribution in [2.45, 2.75) is 72.1 Å². The third-order valence-electron chi connectivity index (χ3n) is 3.42. The van der Waals surface area contributed by atoms with Gasteiger partial charge in [-0.05, 0) is 26.2 Å². The van der Waals surface area contributed by atoms with Crippen LogP contribution in [0.2, 0.25) is 0 Å². The molecule has 0 aromatic carbocycles. The average Bonchev–Trinajstić information content (AvgIpc) is 2.46. The van der Waals surface area contributed by atoms with Crippen molar-refractivity contribution in [1.82, 2.24) is 0 Å². The van der Waals surface area contributed by atoms with Crippen molar-refractivity contribution in [1.29, 1.82) is 0 Å². The van der Waals surface area contributed by atoms with Gasteiger partial charge in [0.05, 0.1) is 0 Å². The summed E-state index contributed by atoms with van der Waals surface area (Å²) in [5, 5.41) is 10.3. The molecule has 0 amide bonds. The van der Waals surface area contributed by atoms with Crippen molar-refractivity contribution in [2.24, 2.45) is 0 Å². The van der Waals surface area contributed by atoms with Gasteiger partial charge in [0.2, 0.25) is 0 Å². The van der Waals surface area contributed by atoms with Crippen molar-refractivity contribution >= 4 is 15.5 Å². The Kier molecular flexibility index (Phi) is 12.6. The number of rotatable bonds is 13. The fourth-order valence-electron chi connectivity index (χ4n) is 1.98. The monoisotopic (exact) mass is 316 g/mol. The van der Waals surface area contributed by atoms with Crippen LogP contribution in [-0.4, -0.2) is 39.7 Å². The molecule has 0 fully saturated rings. The molecule has 124 valence electrons. The largest absolute Gasteiger partial charge is 0.478 e. The van der Waals surface area contributed by atoms with Crippen LogP contribution in [0.15, 0.2) is 10.8 Å². The number of hydrogen-bond acceptors (Lipinski definition) is 3. The lowest BCUT2D eigenvalue weighted by atomic mass is 10.2. The first-order chi connectivity index (χ1) is 10.1. The second-order valence-electron chi connectivity index (χ2n) is 5.37. The Balaban J connectivity index is 4.69. The number of hydrogen-bond donors (Lipinski definition) is 1. The Labute approximate surface area is 131 Å². The van der Waals surface area contributed by atoms with E-state index in [-0.39, 0.29) is 5.91 Å². The number of unbranched alkanes of at least 4 members (excludes halogenated alkanes) is 2. The lowest BCUT2D eigenvalue weighted by molar-refractivity contribution is -0.132. The molecule has 4 nitrogen and oxygen atoms in total. The average molecular weight is 317 g/mol. The van der Waals surface area contributed by atoms with Crippen LogP contribution in [0.5, 0.6) is 0 Å². The number of allylic oxidation sites excluding steroid dienone is 1. The summed E-state index contributed by atoms with van der Waals surface area (Å²) < 4.78 is 11.7. The molecule has 0 radical (unpaired) electrons. The molecule has 1 N–H and O–H groups in total. The van der Waals surface area contributed by atoms with E-state index in [1.165, 1.54) is 0 Å². The van der Waals surface area contributed by atoms with E-state index in [4.69, 9.17) is 9.47 Å². The van der Waals surface area contributed by atoms with Crippen LogP contribution in [0.25, 0.3) is 0 Å². The summed E-state index contributed by atoms with van der Waals surface area (Å²) in [5.41, 5.74) is 0.492. The number of ether oxygens (including phenoxy) is 2. The zero-order chi connectivity index (χ0) is 16.1. The molecule has 0 aromatic rings. The van der Waals surface area contributed by atoms with E-state index in [2.05, 4.69) is 20.8 Å². The number of aliphatic carboxylic acids is 1. The van der Waals surface area contributed by atoms with Gasteiger partial charge < -0.3 is 14.6 Å². The van der Waals surface area contributed by atoms with Crippen LogP contribution in [0, 0.1) is 0 Å².